The van der Waals surface area contributed by atoms with Crippen LogP contribution in [-0.4, -0.2) is 11.8 Å². The number of amides is 2. The Labute approximate surface area is 83.6 Å². The molecule has 1 aliphatic carbocycles. The minimum atomic E-state index is -0.247. The molecule has 0 saturated heterocycles. The van der Waals surface area contributed by atoms with Gasteiger partial charge in [-0.15, -0.1) is 0 Å². The fraction of sp³-hybridized carbons (Fsp3) is 0.636. The molecule has 2 aliphatic rings. The van der Waals surface area contributed by atoms with Crippen molar-refractivity contribution >= 4 is 11.8 Å². The second-order valence-corrected chi connectivity index (χ2v) is 4.37. The summed E-state index contributed by atoms with van der Waals surface area (Å²) in [6, 6.07) is 0. The lowest BCUT2D eigenvalue weighted by atomic mass is 9.79. The highest BCUT2D eigenvalue weighted by Crippen LogP contribution is 2.33. The molecule has 1 N–H and O–H groups in total. The standard InChI is InChI=1S/C11H15NO2/c1-7-2-4-8(5-3-7)9-6-10(13)12-11(9)14/h6-8H,2-5H2,1H3,(H,12,13,14). The molecule has 2 amide bonds. The average molecular weight is 193 g/mol. The molecule has 1 fully saturated rings. The molecule has 0 unspecified atom stereocenters. The summed E-state index contributed by atoms with van der Waals surface area (Å²) < 4.78 is 0. The maximum atomic E-state index is 11.4. The van der Waals surface area contributed by atoms with E-state index in [1.807, 2.05) is 0 Å². The highest BCUT2D eigenvalue weighted by atomic mass is 16.2. The molecule has 14 heavy (non-hydrogen) atoms. The summed E-state index contributed by atoms with van der Waals surface area (Å²) in [5.74, 6) is 0.669. The Morgan fingerprint density at radius 1 is 1.21 bits per heavy atom. The number of carbonyl (C=O) groups is 2. The van der Waals surface area contributed by atoms with Crippen LogP contribution >= 0.6 is 0 Å². The molecule has 1 aliphatic heterocycles. The van der Waals surface area contributed by atoms with E-state index in [9.17, 15) is 9.59 Å². The van der Waals surface area contributed by atoms with Crippen molar-refractivity contribution in [2.45, 2.75) is 32.6 Å². The van der Waals surface area contributed by atoms with Gasteiger partial charge in [-0.2, -0.15) is 0 Å². The molecule has 76 valence electrons. The highest BCUT2D eigenvalue weighted by Gasteiger charge is 2.30. The SMILES string of the molecule is CC1CCC(C2=CC(=O)NC2=O)CC1. The van der Waals surface area contributed by atoms with E-state index in [1.54, 1.807) is 0 Å². The zero-order chi connectivity index (χ0) is 10.1. The van der Waals surface area contributed by atoms with Crippen molar-refractivity contribution in [1.82, 2.24) is 5.32 Å². The van der Waals surface area contributed by atoms with E-state index in [0.717, 1.165) is 18.8 Å². The van der Waals surface area contributed by atoms with Crippen molar-refractivity contribution in [3.05, 3.63) is 11.6 Å². The number of nitrogens with one attached hydrogen (secondary N) is 1. The first-order valence-electron chi connectivity index (χ1n) is 5.23. The van der Waals surface area contributed by atoms with Crippen LogP contribution in [0.2, 0.25) is 0 Å². The van der Waals surface area contributed by atoms with E-state index in [4.69, 9.17) is 0 Å². The maximum Gasteiger partial charge on any atom is 0.254 e. The molecule has 0 aromatic rings. The molecule has 0 aromatic heterocycles. The zero-order valence-corrected chi connectivity index (χ0v) is 8.38. The molecule has 2 rings (SSSR count). The third-order valence-electron chi connectivity index (χ3n) is 3.24. The molecular weight excluding hydrogens is 178 g/mol. The van der Waals surface area contributed by atoms with Crippen LogP contribution in [0.5, 0.6) is 0 Å². The van der Waals surface area contributed by atoms with Crippen molar-refractivity contribution in [2.24, 2.45) is 11.8 Å². The minimum absolute atomic E-state index is 0.172. The summed E-state index contributed by atoms with van der Waals surface area (Å²) in [5, 5.41) is 2.30. The minimum Gasteiger partial charge on any atom is -0.289 e. The van der Waals surface area contributed by atoms with E-state index < -0.39 is 0 Å². The molecule has 3 heteroatoms. The number of hydrogen-bond donors (Lipinski definition) is 1. The molecule has 1 saturated carbocycles. The largest absolute Gasteiger partial charge is 0.289 e. The summed E-state index contributed by atoms with van der Waals surface area (Å²) in [6.07, 6.45) is 5.91. The van der Waals surface area contributed by atoms with Crippen LogP contribution in [0.15, 0.2) is 11.6 Å². The summed E-state index contributed by atoms with van der Waals surface area (Å²) in [7, 11) is 0. The van der Waals surface area contributed by atoms with E-state index in [-0.39, 0.29) is 11.8 Å². The van der Waals surface area contributed by atoms with Crippen LogP contribution in [0.4, 0.5) is 0 Å². The van der Waals surface area contributed by atoms with Gasteiger partial charge in [0.2, 0.25) is 0 Å². The summed E-state index contributed by atoms with van der Waals surface area (Å²) in [5.41, 5.74) is 0.710. The first-order valence-corrected chi connectivity index (χ1v) is 5.23. The number of imide groups is 1. The quantitative estimate of drug-likeness (QED) is 0.640. The smallest absolute Gasteiger partial charge is 0.254 e. The van der Waals surface area contributed by atoms with Gasteiger partial charge in [-0.3, -0.25) is 14.9 Å². The van der Waals surface area contributed by atoms with E-state index in [0.29, 0.717) is 11.5 Å². The maximum absolute atomic E-state index is 11.4. The number of rotatable bonds is 1. The predicted octanol–water partition coefficient (Wildman–Crippen LogP) is 1.40. The predicted molar refractivity (Wildman–Crippen MR) is 52.4 cm³/mol. The molecule has 0 bridgehead atoms. The monoisotopic (exact) mass is 193 g/mol. The van der Waals surface area contributed by atoms with Crippen molar-refractivity contribution < 1.29 is 9.59 Å². The van der Waals surface area contributed by atoms with Crippen molar-refractivity contribution in [2.75, 3.05) is 0 Å². The van der Waals surface area contributed by atoms with Crippen LogP contribution in [0.25, 0.3) is 0 Å². The normalized spacial score (nSPS) is 32.8. The fourth-order valence-electron chi connectivity index (χ4n) is 2.30. The molecule has 0 aromatic carbocycles. The summed E-state index contributed by atoms with van der Waals surface area (Å²) in [4.78, 5) is 22.3. The van der Waals surface area contributed by atoms with Gasteiger partial charge in [0.1, 0.15) is 0 Å². The number of hydrogen-bond acceptors (Lipinski definition) is 2. The van der Waals surface area contributed by atoms with Crippen LogP contribution in [0.3, 0.4) is 0 Å². The van der Waals surface area contributed by atoms with Crippen LogP contribution in [0.1, 0.15) is 32.6 Å². The Balaban J connectivity index is 2.05. The topological polar surface area (TPSA) is 46.2 Å². The molecule has 0 radical (unpaired) electrons. The molecule has 0 atom stereocenters. The zero-order valence-electron chi connectivity index (χ0n) is 8.38. The first-order chi connectivity index (χ1) is 6.66. The lowest BCUT2D eigenvalue weighted by Gasteiger charge is -2.25. The van der Waals surface area contributed by atoms with Gasteiger partial charge in [0.05, 0.1) is 0 Å². The number of carbonyl (C=O) groups excluding carboxylic acids is 2. The summed E-state index contributed by atoms with van der Waals surface area (Å²) >= 11 is 0. The van der Waals surface area contributed by atoms with Gasteiger partial charge in [0.15, 0.2) is 0 Å². The average Bonchev–Trinajstić information content (AvgIpc) is 2.47. The Kier molecular flexibility index (Phi) is 2.40. The Morgan fingerprint density at radius 3 is 2.36 bits per heavy atom. The third kappa shape index (κ3) is 1.72. The van der Waals surface area contributed by atoms with Crippen LogP contribution < -0.4 is 5.32 Å². The Morgan fingerprint density at radius 2 is 1.86 bits per heavy atom. The Hall–Kier alpha value is -1.12. The molecular formula is C11H15NO2. The first kappa shape index (κ1) is 9.44. The van der Waals surface area contributed by atoms with Gasteiger partial charge < -0.3 is 0 Å². The van der Waals surface area contributed by atoms with Crippen LogP contribution in [-0.2, 0) is 9.59 Å². The molecule has 0 spiro atoms. The van der Waals surface area contributed by atoms with Gasteiger partial charge in [-0.1, -0.05) is 19.8 Å². The lowest BCUT2D eigenvalue weighted by Crippen LogP contribution is -2.25. The van der Waals surface area contributed by atoms with E-state index in [2.05, 4.69) is 12.2 Å². The van der Waals surface area contributed by atoms with Gasteiger partial charge in [0.25, 0.3) is 11.8 Å². The van der Waals surface area contributed by atoms with Crippen molar-refractivity contribution in [3.8, 4) is 0 Å². The summed E-state index contributed by atoms with van der Waals surface area (Å²) in [6.45, 7) is 2.24. The Bertz CT molecular complexity index is 298. The second-order valence-electron chi connectivity index (χ2n) is 4.37. The van der Waals surface area contributed by atoms with E-state index >= 15 is 0 Å². The molecule has 3 nitrogen and oxygen atoms in total. The molecule has 1 heterocycles. The van der Waals surface area contributed by atoms with Crippen molar-refractivity contribution in [3.63, 3.8) is 0 Å². The van der Waals surface area contributed by atoms with E-state index in [1.165, 1.54) is 18.9 Å². The third-order valence-corrected chi connectivity index (χ3v) is 3.24. The van der Waals surface area contributed by atoms with Gasteiger partial charge in [0, 0.05) is 11.6 Å². The van der Waals surface area contributed by atoms with Gasteiger partial charge in [-0.05, 0) is 24.7 Å². The fourth-order valence-corrected chi connectivity index (χ4v) is 2.30. The van der Waals surface area contributed by atoms with Crippen LogP contribution in [0, 0.1) is 11.8 Å². The second kappa shape index (κ2) is 3.56. The van der Waals surface area contributed by atoms with Crippen molar-refractivity contribution in [1.29, 1.82) is 0 Å². The lowest BCUT2D eigenvalue weighted by molar-refractivity contribution is -0.124. The van der Waals surface area contributed by atoms with Gasteiger partial charge >= 0.3 is 0 Å². The van der Waals surface area contributed by atoms with Gasteiger partial charge in [-0.25, -0.2) is 0 Å². The highest BCUT2D eigenvalue weighted by molar-refractivity contribution is 6.16.